The molecule has 1 aliphatic rings. The molecule has 0 heterocycles. The van der Waals surface area contributed by atoms with Gasteiger partial charge in [0.15, 0.2) is 0 Å². The van der Waals surface area contributed by atoms with Crippen LogP contribution >= 0.6 is 34.8 Å². The minimum Gasteiger partial charge on any atom is -0.433 e. The van der Waals surface area contributed by atoms with Gasteiger partial charge in [-0.1, -0.05) is 80.2 Å². The number of rotatable bonds is 6. The Morgan fingerprint density at radius 3 is 2.35 bits per heavy atom. The first kappa shape index (κ1) is 21.3. The Balaban J connectivity index is 1.98. The van der Waals surface area contributed by atoms with Gasteiger partial charge in [0.1, 0.15) is 0 Å². The van der Waals surface area contributed by atoms with Crippen LogP contribution in [0.5, 0.6) is 0 Å². The van der Waals surface area contributed by atoms with Crippen LogP contribution in [0.15, 0.2) is 30.3 Å². The Bertz CT molecular complexity index is 643. The first-order chi connectivity index (χ1) is 12.1. The maximum Gasteiger partial charge on any atom is 0.340 e. The van der Waals surface area contributed by atoms with E-state index in [9.17, 15) is 9.59 Å². The van der Waals surface area contributed by atoms with Crippen molar-refractivity contribution in [3.05, 3.63) is 35.9 Å². The standard InChI is InChI=1S/C19H24Cl3NO3/c1-4-13-10-14(18(13,2)3)11-15(24)23-17(19(20,21)22)26-16(25)12-8-6-5-7-9-12/h5-9,13-14,17H,4,10-11H2,1-3H3,(H,23,24). The second-order valence-corrected chi connectivity index (χ2v) is 9.69. The summed E-state index contributed by atoms with van der Waals surface area (Å²) in [5, 5.41) is 2.55. The number of esters is 1. The van der Waals surface area contributed by atoms with Crippen molar-refractivity contribution in [2.45, 2.75) is 50.1 Å². The van der Waals surface area contributed by atoms with Crippen LogP contribution in [0.25, 0.3) is 0 Å². The van der Waals surface area contributed by atoms with Crippen LogP contribution in [0, 0.1) is 17.3 Å². The Morgan fingerprint density at radius 2 is 1.85 bits per heavy atom. The summed E-state index contributed by atoms with van der Waals surface area (Å²) >= 11 is 17.7. The van der Waals surface area contributed by atoms with Crippen LogP contribution in [0.1, 0.15) is 50.4 Å². The van der Waals surface area contributed by atoms with Gasteiger partial charge in [0, 0.05) is 6.42 Å². The normalized spacial score (nSPS) is 22.8. The third kappa shape index (κ3) is 5.05. The van der Waals surface area contributed by atoms with Gasteiger partial charge in [-0.2, -0.15) is 0 Å². The Kier molecular flexibility index (Phi) is 6.86. The molecular formula is C19H24Cl3NO3. The summed E-state index contributed by atoms with van der Waals surface area (Å²) in [6, 6.07) is 8.34. The number of nitrogens with one attached hydrogen (secondary N) is 1. The van der Waals surface area contributed by atoms with Gasteiger partial charge in [0.2, 0.25) is 15.9 Å². The predicted octanol–water partition coefficient (Wildman–Crippen LogP) is 5.12. The van der Waals surface area contributed by atoms with Crippen molar-refractivity contribution in [2.75, 3.05) is 0 Å². The Hall–Kier alpha value is -0.970. The minimum atomic E-state index is -1.97. The number of ether oxygens (including phenoxy) is 1. The number of hydrogen-bond acceptors (Lipinski definition) is 3. The number of carbonyl (C=O) groups is 2. The maximum absolute atomic E-state index is 12.4. The van der Waals surface area contributed by atoms with E-state index in [-0.39, 0.29) is 17.2 Å². The molecule has 0 saturated heterocycles. The highest BCUT2D eigenvalue weighted by Crippen LogP contribution is 2.54. The third-order valence-corrected chi connectivity index (χ3v) is 6.02. The second-order valence-electron chi connectivity index (χ2n) is 7.32. The largest absolute Gasteiger partial charge is 0.433 e. The lowest BCUT2D eigenvalue weighted by molar-refractivity contribution is -0.130. The van der Waals surface area contributed by atoms with Gasteiger partial charge >= 0.3 is 5.97 Å². The molecule has 1 amide bonds. The SMILES string of the molecule is CCC1CC(CC(=O)NC(OC(=O)c2ccccc2)C(Cl)(Cl)Cl)C1(C)C. The summed E-state index contributed by atoms with van der Waals surface area (Å²) in [5.41, 5.74) is 0.411. The first-order valence-electron chi connectivity index (χ1n) is 8.67. The zero-order valence-electron chi connectivity index (χ0n) is 15.1. The molecule has 1 fully saturated rings. The molecule has 0 spiro atoms. The number of carbonyl (C=O) groups excluding carboxylic acids is 2. The van der Waals surface area contributed by atoms with Crippen LogP contribution in [-0.4, -0.2) is 21.9 Å². The van der Waals surface area contributed by atoms with Gasteiger partial charge in [-0.25, -0.2) is 4.79 Å². The maximum atomic E-state index is 12.4. The van der Waals surface area contributed by atoms with E-state index in [0.717, 1.165) is 12.8 Å². The number of amides is 1. The summed E-state index contributed by atoms with van der Waals surface area (Å²) in [6.45, 7) is 6.50. The molecule has 26 heavy (non-hydrogen) atoms. The number of halogens is 3. The fraction of sp³-hybridized carbons (Fsp3) is 0.579. The quantitative estimate of drug-likeness (QED) is 0.395. The molecule has 3 atom stereocenters. The molecule has 2 rings (SSSR count). The lowest BCUT2D eigenvalue weighted by Crippen LogP contribution is -2.50. The van der Waals surface area contributed by atoms with E-state index >= 15 is 0 Å². The van der Waals surface area contributed by atoms with Crippen molar-refractivity contribution in [1.82, 2.24) is 5.32 Å². The van der Waals surface area contributed by atoms with Gasteiger partial charge in [-0.15, -0.1) is 0 Å². The molecule has 0 aliphatic heterocycles. The topological polar surface area (TPSA) is 55.4 Å². The van der Waals surface area contributed by atoms with Gasteiger partial charge in [0.05, 0.1) is 5.56 Å². The van der Waals surface area contributed by atoms with E-state index < -0.39 is 16.0 Å². The van der Waals surface area contributed by atoms with E-state index in [2.05, 4.69) is 26.1 Å². The Morgan fingerprint density at radius 1 is 1.23 bits per heavy atom. The molecule has 0 bridgehead atoms. The first-order valence-corrected chi connectivity index (χ1v) is 9.81. The molecule has 1 saturated carbocycles. The van der Waals surface area contributed by atoms with Crippen molar-refractivity contribution >= 4 is 46.7 Å². The lowest BCUT2D eigenvalue weighted by Gasteiger charge is -2.52. The van der Waals surface area contributed by atoms with Crippen molar-refractivity contribution in [2.24, 2.45) is 17.3 Å². The fourth-order valence-electron chi connectivity index (χ4n) is 3.52. The fourth-order valence-corrected chi connectivity index (χ4v) is 3.82. The smallest absolute Gasteiger partial charge is 0.340 e. The van der Waals surface area contributed by atoms with Crippen molar-refractivity contribution in [3.8, 4) is 0 Å². The van der Waals surface area contributed by atoms with E-state index in [1.807, 2.05) is 0 Å². The van der Waals surface area contributed by atoms with Crippen molar-refractivity contribution < 1.29 is 14.3 Å². The molecule has 1 aromatic carbocycles. The van der Waals surface area contributed by atoms with E-state index in [0.29, 0.717) is 17.9 Å². The predicted molar refractivity (Wildman–Crippen MR) is 104 cm³/mol. The molecule has 1 aliphatic carbocycles. The number of alkyl halides is 3. The van der Waals surface area contributed by atoms with E-state index in [4.69, 9.17) is 39.5 Å². The van der Waals surface area contributed by atoms with Crippen molar-refractivity contribution in [1.29, 1.82) is 0 Å². The lowest BCUT2D eigenvalue weighted by atomic mass is 9.53. The molecule has 3 unspecified atom stereocenters. The summed E-state index contributed by atoms with van der Waals surface area (Å²) in [6.07, 6.45) is 1.04. The highest BCUT2D eigenvalue weighted by Gasteiger charge is 2.48. The summed E-state index contributed by atoms with van der Waals surface area (Å²) in [7, 11) is 0. The zero-order valence-corrected chi connectivity index (χ0v) is 17.4. The molecule has 7 heteroatoms. The monoisotopic (exact) mass is 419 g/mol. The average molecular weight is 421 g/mol. The van der Waals surface area contributed by atoms with Crippen LogP contribution in [0.4, 0.5) is 0 Å². The van der Waals surface area contributed by atoms with E-state index in [1.54, 1.807) is 30.3 Å². The molecule has 0 aromatic heterocycles. The van der Waals surface area contributed by atoms with Crippen LogP contribution in [-0.2, 0) is 9.53 Å². The molecular weight excluding hydrogens is 397 g/mol. The summed E-state index contributed by atoms with van der Waals surface area (Å²) in [4.78, 5) is 24.6. The van der Waals surface area contributed by atoms with E-state index in [1.165, 1.54) is 0 Å². The third-order valence-electron chi connectivity index (χ3n) is 5.42. The van der Waals surface area contributed by atoms with Crippen LogP contribution in [0.3, 0.4) is 0 Å². The summed E-state index contributed by atoms with van der Waals surface area (Å²) < 4.78 is 3.26. The van der Waals surface area contributed by atoms with Crippen molar-refractivity contribution in [3.63, 3.8) is 0 Å². The zero-order chi connectivity index (χ0) is 19.5. The second kappa shape index (κ2) is 8.37. The highest BCUT2D eigenvalue weighted by atomic mass is 35.6. The van der Waals surface area contributed by atoms with Gasteiger partial charge < -0.3 is 10.1 Å². The molecule has 144 valence electrons. The molecule has 0 radical (unpaired) electrons. The van der Waals surface area contributed by atoms with Gasteiger partial charge in [-0.3, -0.25) is 4.79 Å². The van der Waals surface area contributed by atoms with Gasteiger partial charge in [0.25, 0.3) is 0 Å². The van der Waals surface area contributed by atoms with Crippen LogP contribution < -0.4 is 5.32 Å². The number of benzene rings is 1. The molecule has 1 aromatic rings. The molecule has 1 N–H and O–H groups in total. The van der Waals surface area contributed by atoms with Gasteiger partial charge in [-0.05, 0) is 35.8 Å². The minimum absolute atomic E-state index is 0.0995. The average Bonchev–Trinajstić information content (AvgIpc) is 2.57. The van der Waals surface area contributed by atoms with Crippen LogP contribution in [0.2, 0.25) is 0 Å². The Labute approximate surface area is 169 Å². The molecule has 4 nitrogen and oxygen atoms in total. The summed E-state index contributed by atoms with van der Waals surface area (Å²) in [5.74, 6) is -0.0967. The highest BCUT2D eigenvalue weighted by molar-refractivity contribution is 6.68. The number of hydrogen-bond donors (Lipinski definition) is 1.